The smallest absolute Gasteiger partial charge is 0.342 e. The van der Waals surface area contributed by atoms with Gasteiger partial charge in [0.1, 0.15) is 11.4 Å². The van der Waals surface area contributed by atoms with Gasteiger partial charge in [-0.05, 0) is 60.9 Å². The third-order valence-corrected chi connectivity index (χ3v) is 8.55. The van der Waals surface area contributed by atoms with E-state index in [1.54, 1.807) is 4.90 Å². The summed E-state index contributed by atoms with van der Waals surface area (Å²) in [6.45, 7) is 8.19. The zero-order valence-electron chi connectivity index (χ0n) is 21.4. The van der Waals surface area contributed by atoms with Gasteiger partial charge in [0.05, 0.1) is 5.56 Å². The zero-order valence-corrected chi connectivity index (χ0v) is 21.4. The Hall–Kier alpha value is -3.42. The molecule has 198 valence electrons. The Morgan fingerprint density at radius 2 is 1.58 bits per heavy atom. The highest BCUT2D eigenvalue weighted by molar-refractivity contribution is 6.16. The first-order chi connectivity index (χ1) is 18.0. The molecule has 38 heavy (non-hydrogen) atoms. The van der Waals surface area contributed by atoms with Crippen molar-refractivity contribution in [2.45, 2.75) is 50.7 Å². The number of alkyl halides is 3. The van der Waals surface area contributed by atoms with Crippen LogP contribution in [0.1, 0.15) is 50.2 Å². The Kier molecular flexibility index (Phi) is 5.60. The van der Waals surface area contributed by atoms with Gasteiger partial charge in [0.15, 0.2) is 0 Å². The molecule has 2 saturated carbocycles. The van der Waals surface area contributed by atoms with E-state index in [-0.39, 0.29) is 23.1 Å². The number of carbonyl (C=O) groups excluding carboxylic acids is 2. The Bertz CT molecular complexity index is 1340. The highest BCUT2D eigenvalue weighted by Crippen LogP contribution is 2.47. The molecular weight excluding hydrogens is 491 g/mol. The first kappa shape index (κ1) is 24.9. The highest BCUT2D eigenvalue weighted by Gasteiger charge is 2.57. The number of amidine groups is 1. The number of hydrogen-bond donors (Lipinski definition) is 0. The van der Waals surface area contributed by atoms with Crippen molar-refractivity contribution in [3.8, 4) is 11.1 Å². The van der Waals surface area contributed by atoms with Gasteiger partial charge >= 0.3 is 6.18 Å². The highest BCUT2D eigenvalue weighted by atomic mass is 19.4. The first-order valence-electron chi connectivity index (χ1n) is 13.2. The summed E-state index contributed by atoms with van der Waals surface area (Å²) >= 11 is 0. The van der Waals surface area contributed by atoms with Gasteiger partial charge in [-0.25, -0.2) is 0 Å². The molecule has 1 unspecified atom stereocenters. The molecular formula is C30H30F3N3O2. The van der Waals surface area contributed by atoms with E-state index >= 15 is 0 Å². The summed E-state index contributed by atoms with van der Waals surface area (Å²) in [6, 6.07) is 12.5. The van der Waals surface area contributed by atoms with Crippen molar-refractivity contribution in [2.75, 3.05) is 19.6 Å². The van der Waals surface area contributed by atoms with E-state index in [1.807, 2.05) is 29.2 Å². The molecule has 5 nitrogen and oxygen atoms in total. The van der Waals surface area contributed by atoms with Crippen molar-refractivity contribution in [1.82, 2.24) is 9.80 Å². The fourth-order valence-electron chi connectivity index (χ4n) is 5.54. The van der Waals surface area contributed by atoms with Crippen LogP contribution in [0.4, 0.5) is 13.2 Å². The van der Waals surface area contributed by atoms with E-state index in [0.29, 0.717) is 24.5 Å². The molecule has 0 aromatic heterocycles. The Labute approximate surface area is 220 Å². The van der Waals surface area contributed by atoms with Crippen molar-refractivity contribution >= 4 is 17.6 Å². The van der Waals surface area contributed by atoms with E-state index in [0.717, 1.165) is 67.5 Å². The minimum Gasteiger partial charge on any atom is -0.342 e. The molecule has 2 aromatic rings. The van der Waals surface area contributed by atoms with Crippen LogP contribution in [0.5, 0.6) is 0 Å². The molecule has 0 radical (unpaired) electrons. The van der Waals surface area contributed by atoms with Gasteiger partial charge in [0.2, 0.25) is 5.91 Å². The summed E-state index contributed by atoms with van der Waals surface area (Å²) in [5, 5.41) is 0. The fraction of sp³-hybridized carbons (Fsp3) is 0.433. The van der Waals surface area contributed by atoms with Crippen LogP contribution in [0, 0.1) is 11.3 Å². The predicted molar refractivity (Wildman–Crippen MR) is 138 cm³/mol. The zero-order chi connectivity index (χ0) is 26.9. The average Bonchev–Trinajstić information content (AvgIpc) is 3.82. The molecule has 2 aromatic carbocycles. The molecule has 3 fully saturated rings. The van der Waals surface area contributed by atoms with Crippen molar-refractivity contribution < 1.29 is 22.8 Å². The lowest BCUT2D eigenvalue weighted by Crippen LogP contribution is -2.41. The van der Waals surface area contributed by atoms with Crippen LogP contribution in [0.25, 0.3) is 11.1 Å². The lowest BCUT2D eigenvalue weighted by molar-refractivity contribution is -0.137. The summed E-state index contributed by atoms with van der Waals surface area (Å²) in [4.78, 5) is 34.5. The molecule has 2 heterocycles. The predicted octanol–water partition coefficient (Wildman–Crippen LogP) is 5.70. The van der Waals surface area contributed by atoms with Gasteiger partial charge in [-0.15, -0.1) is 0 Å². The van der Waals surface area contributed by atoms with Crippen molar-refractivity contribution in [3.05, 3.63) is 71.8 Å². The quantitative estimate of drug-likeness (QED) is 0.458. The van der Waals surface area contributed by atoms with E-state index < -0.39 is 17.3 Å². The number of carbonyl (C=O) groups is 2. The number of hydrogen-bond acceptors (Lipinski definition) is 3. The minimum atomic E-state index is -4.37. The van der Waals surface area contributed by atoms with Crippen LogP contribution in [0.15, 0.2) is 65.7 Å². The van der Waals surface area contributed by atoms with Gasteiger partial charge in [-0.3, -0.25) is 19.5 Å². The molecule has 4 aliphatic rings. The normalized spacial score (nSPS) is 24.2. The fourth-order valence-corrected chi connectivity index (χ4v) is 5.54. The van der Waals surface area contributed by atoms with Gasteiger partial charge in [-0.2, -0.15) is 13.2 Å². The second kappa shape index (κ2) is 8.55. The van der Waals surface area contributed by atoms with Crippen LogP contribution in [0.3, 0.4) is 0 Å². The average molecular weight is 522 g/mol. The maximum absolute atomic E-state index is 13.4. The van der Waals surface area contributed by atoms with Crippen LogP contribution < -0.4 is 0 Å². The van der Waals surface area contributed by atoms with Crippen molar-refractivity contribution in [3.63, 3.8) is 0 Å². The van der Waals surface area contributed by atoms with Gasteiger partial charge in [0.25, 0.3) is 5.91 Å². The molecule has 1 atom stereocenters. The largest absolute Gasteiger partial charge is 0.416 e. The van der Waals surface area contributed by atoms with E-state index in [2.05, 4.69) is 13.5 Å². The molecule has 2 aliphatic carbocycles. The van der Waals surface area contributed by atoms with Crippen LogP contribution >= 0.6 is 0 Å². The molecule has 0 N–H and O–H groups in total. The molecule has 2 aliphatic heterocycles. The van der Waals surface area contributed by atoms with Crippen LogP contribution in [-0.2, 0) is 15.8 Å². The maximum atomic E-state index is 13.4. The lowest BCUT2D eigenvalue weighted by atomic mass is 9.81. The standard InChI is InChI=1S/C30H30F3N3O2/c1-19(28(2)15-16-35(18-28)26(37)23-7-8-23)17-36-25(34-29(13-14-29)27(36)38)22-5-3-20(4-6-22)21-9-11-24(12-10-21)30(31,32)33/h3-6,9-12,23H,1,7-8,13-18H2,2H3. The number of aliphatic imine (C=N–C) groups is 1. The number of amides is 2. The van der Waals surface area contributed by atoms with Crippen LogP contribution in [0.2, 0.25) is 0 Å². The lowest BCUT2D eigenvalue weighted by Gasteiger charge is -2.31. The van der Waals surface area contributed by atoms with Gasteiger partial charge < -0.3 is 4.90 Å². The summed E-state index contributed by atoms with van der Waals surface area (Å²) in [5.41, 5.74) is 1.55. The number of benzene rings is 2. The van der Waals surface area contributed by atoms with Crippen molar-refractivity contribution in [1.29, 1.82) is 0 Å². The monoisotopic (exact) mass is 521 g/mol. The summed E-state index contributed by atoms with van der Waals surface area (Å²) in [7, 11) is 0. The minimum absolute atomic E-state index is 0.00650. The Morgan fingerprint density at radius 3 is 2.13 bits per heavy atom. The Balaban J connectivity index is 1.20. The van der Waals surface area contributed by atoms with E-state index in [9.17, 15) is 22.8 Å². The number of likely N-dealkylation sites (tertiary alicyclic amines) is 1. The maximum Gasteiger partial charge on any atom is 0.416 e. The van der Waals surface area contributed by atoms with Crippen LogP contribution in [-0.4, -0.2) is 52.6 Å². The number of nitrogens with zero attached hydrogens (tertiary/aromatic N) is 3. The molecule has 8 heteroatoms. The van der Waals surface area contributed by atoms with E-state index in [4.69, 9.17) is 4.99 Å². The number of rotatable bonds is 6. The second-order valence-electron chi connectivity index (χ2n) is 11.5. The first-order valence-corrected chi connectivity index (χ1v) is 13.2. The summed E-state index contributed by atoms with van der Waals surface area (Å²) in [5.74, 6) is 1.03. The summed E-state index contributed by atoms with van der Waals surface area (Å²) in [6.07, 6.45) is -0.135. The Morgan fingerprint density at radius 1 is 1.00 bits per heavy atom. The van der Waals surface area contributed by atoms with Gasteiger partial charge in [0, 0.05) is 36.5 Å². The molecule has 1 spiro atoms. The third-order valence-electron chi connectivity index (χ3n) is 8.55. The SMILES string of the molecule is C=C(CN1C(=O)C2(CC2)N=C1c1ccc(-c2ccc(C(F)(F)F)cc2)cc1)C1(C)CCN(C(=O)C2CC2)C1. The second-order valence-corrected chi connectivity index (χ2v) is 11.5. The number of halogens is 3. The third kappa shape index (κ3) is 4.33. The van der Waals surface area contributed by atoms with E-state index in [1.165, 1.54) is 12.1 Å². The summed E-state index contributed by atoms with van der Waals surface area (Å²) < 4.78 is 38.8. The topological polar surface area (TPSA) is 53.0 Å². The molecule has 1 saturated heterocycles. The molecule has 0 bridgehead atoms. The molecule has 6 rings (SSSR count). The van der Waals surface area contributed by atoms with Crippen molar-refractivity contribution in [2.24, 2.45) is 16.3 Å². The molecule has 2 amide bonds. The van der Waals surface area contributed by atoms with Gasteiger partial charge in [-0.1, -0.05) is 49.9 Å².